The van der Waals surface area contributed by atoms with Crippen LogP contribution in [0.25, 0.3) is 0 Å². The third-order valence-electron chi connectivity index (χ3n) is 3.59. The number of esters is 1. The second-order valence-electron chi connectivity index (χ2n) is 5.13. The molecule has 22 heavy (non-hydrogen) atoms. The van der Waals surface area contributed by atoms with E-state index in [1.54, 1.807) is 18.2 Å². The highest BCUT2D eigenvalue weighted by Gasteiger charge is 2.26. The van der Waals surface area contributed by atoms with Crippen molar-refractivity contribution in [3.05, 3.63) is 35.6 Å². The van der Waals surface area contributed by atoms with E-state index in [9.17, 15) is 14.0 Å². The molecular weight excluding hydrogens is 287 g/mol. The van der Waals surface area contributed by atoms with Crippen molar-refractivity contribution in [2.24, 2.45) is 5.92 Å². The highest BCUT2D eigenvalue weighted by molar-refractivity contribution is 5.83. The van der Waals surface area contributed by atoms with E-state index in [4.69, 9.17) is 4.74 Å². The fraction of sp³-hybridized carbons (Fsp3) is 0.500. The van der Waals surface area contributed by atoms with Crippen LogP contribution >= 0.6 is 0 Å². The molecule has 122 valence electrons. The Morgan fingerprint density at radius 3 is 2.59 bits per heavy atom. The molecule has 0 heterocycles. The number of hydrogen-bond acceptors (Lipinski definition) is 3. The topological polar surface area (TPSA) is 67.4 Å². The molecule has 0 unspecified atom stereocenters. The van der Waals surface area contributed by atoms with Gasteiger partial charge >= 0.3 is 12.0 Å². The molecular formula is C16H23FN2O3. The first-order valence-electron chi connectivity index (χ1n) is 7.35. The van der Waals surface area contributed by atoms with Crippen LogP contribution < -0.4 is 10.6 Å². The van der Waals surface area contributed by atoms with Crippen LogP contribution in [0, 0.1) is 11.7 Å². The Kier molecular flexibility index (Phi) is 7.36. The summed E-state index contributed by atoms with van der Waals surface area (Å²) in [7, 11) is 1.29. The van der Waals surface area contributed by atoms with Crippen molar-refractivity contribution in [3.63, 3.8) is 0 Å². The highest BCUT2D eigenvalue weighted by atomic mass is 19.1. The van der Waals surface area contributed by atoms with Gasteiger partial charge in [0.15, 0.2) is 0 Å². The van der Waals surface area contributed by atoms with E-state index in [0.29, 0.717) is 12.0 Å². The van der Waals surface area contributed by atoms with E-state index in [1.165, 1.54) is 13.2 Å². The van der Waals surface area contributed by atoms with Gasteiger partial charge in [-0.05, 0) is 24.0 Å². The summed E-state index contributed by atoms with van der Waals surface area (Å²) < 4.78 is 18.1. The maximum Gasteiger partial charge on any atom is 0.328 e. The molecule has 0 saturated carbocycles. The predicted octanol–water partition coefficient (Wildman–Crippen LogP) is 2.26. The van der Waals surface area contributed by atoms with Gasteiger partial charge in [-0.15, -0.1) is 0 Å². The zero-order chi connectivity index (χ0) is 16.5. The highest BCUT2D eigenvalue weighted by Crippen LogP contribution is 2.09. The lowest BCUT2D eigenvalue weighted by molar-refractivity contribution is -0.144. The molecule has 5 nitrogen and oxygen atoms in total. The average molecular weight is 310 g/mol. The molecule has 1 rings (SSSR count). The van der Waals surface area contributed by atoms with Gasteiger partial charge in [0.2, 0.25) is 0 Å². The molecule has 0 radical (unpaired) electrons. The third-order valence-corrected chi connectivity index (χ3v) is 3.59. The number of rotatable bonds is 7. The van der Waals surface area contributed by atoms with Crippen molar-refractivity contribution in [2.75, 3.05) is 13.7 Å². The Morgan fingerprint density at radius 2 is 2.00 bits per heavy atom. The van der Waals surface area contributed by atoms with Crippen LogP contribution in [0.15, 0.2) is 24.3 Å². The van der Waals surface area contributed by atoms with Crippen LogP contribution in [-0.2, 0) is 16.0 Å². The molecule has 2 N–H and O–H groups in total. The van der Waals surface area contributed by atoms with Gasteiger partial charge in [0.05, 0.1) is 7.11 Å². The van der Waals surface area contributed by atoms with Crippen molar-refractivity contribution in [3.8, 4) is 0 Å². The SMILES string of the molecule is CC[C@@H](C)[C@H](NC(=O)NCCc1ccccc1F)C(=O)OC. The largest absolute Gasteiger partial charge is 0.467 e. The molecule has 6 heteroatoms. The van der Waals surface area contributed by atoms with Crippen LogP contribution in [0.1, 0.15) is 25.8 Å². The molecule has 0 fully saturated rings. The molecule has 0 aliphatic carbocycles. The van der Waals surface area contributed by atoms with Gasteiger partial charge in [0.1, 0.15) is 11.9 Å². The summed E-state index contributed by atoms with van der Waals surface area (Å²) in [5, 5.41) is 5.22. The molecule has 2 amide bonds. The maximum absolute atomic E-state index is 13.4. The number of benzene rings is 1. The summed E-state index contributed by atoms with van der Waals surface area (Å²) in [5.41, 5.74) is 0.536. The Hall–Kier alpha value is -2.11. The van der Waals surface area contributed by atoms with E-state index in [2.05, 4.69) is 10.6 Å². The van der Waals surface area contributed by atoms with Gasteiger partial charge in [-0.25, -0.2) is 14.0 Å². The normalized spacial score (nSPS) is 13.1. The van der Waals surface area contributed by atoms with Gasteiger partial charge in [-0.2, -0.15) is 0 Å². The lowest BCUT2D eigenvalue weighted by Gasteiger charge is -2.22. The lowest BCUT2D eigenvalue weighted by Crippen LogP contribution is -2.49. The zero-order valence-electron chi connectivity index (χ0n) is 13.2. The number of hydrogen-bond donors (Lipinski definition) is 2. The molecule has 0 spiro atoms. The first-order chi connectivity index (χ1) is 10.5. The summed E-state index contributed by atoms with van der Waals surface area (Å²) in [4.78, 5) is 23.5. The molecule has 0 aliphatic heterocycles. The molecule has 0 saturated heterocycles. The van der Waals surface area contributed by atoms with Crippen molar-refractivity contribution < 1.29 is 18.7 Å². The Labute approximate surface area is 130 Å². The molecule has 0 aliphatic rings. The summed E-state index contributed by atoms with van der Waals surface area (Å²) in [5.74, 6) is -0.805. The molecule has 1 aromatic carbocycles. The first-order valence-corrected chi connectivity index (χ1v) is 7.35. The van der Waals surface area contributed by atoms with Gasteiger partial charge in [-0.3, -0.25) is 0 Å². The van der Waals surface area contributed by atoms with Crippen LogP contribution in [0.5, 0.6) is 0 Å². The van der Waals surface area contributed by atoms with Crippen molar-refractivity contribution >= 4 is 12.0 Å². The Bertz CT molecular complexity index is 508. The van der Waals surface area contributed by atoms with Crippen molar-refractivity contribution in [1.29, 1.82) is 0 Å². The minimum atomic E-state index is -0.691. The van der Waals surface area contributed by atoms with E-state index >= 15 is 0 Å². The van der Waals surface area contributed by atoms with Crippen molar-refractivity contribution in [1.82, 2.24) is 10.6 Å². The van der Waals surface area contributed by atoms with Gasteiger partial charge < -0.3 is 15.4 Å². The fourth-order valence-corrected chi connectivity index (χ4v) is 2.00. The van der Waals surface area contributed by atoms with Crippen LogP contribution in [-0.4, -0.2) is 31.7 Å². The zero-order valence-corrected chi connectivity index (χ0v) is 13.2. The number of carbonyl (C=O) groups excluding carboxylic acids is 2. The Balaban J connectivity index is 2.47. The summed E-state index contributed by atoms with van der Waals surface area (Å²) in [6, 6.07) is 5.26. The second-order valence-corrected chi connectivity index (χ2v) is 5.13. The minimum Gasteiger partial charge on any atom is -0.467 e. The standard InChI is InChI=1S/C16H23FN2O3/c1-4-11(2)14(15(20)22-3)19-16(21)18-10-9-12-7-5-6-8-13(12)17/h5-8,11,14H,4,9-10H2,1-3H3,(H2,18,19,21)/t11-,14+/m1/s1. The number of halogens is 1. The van der Waals surface area contributed by atoms with Crippen LogP contribution in [0.3, 0.4) is 0 Å². The fourth-order valence-electron chi connectivity index (χ4n) is 2.00. The summed E-state index contributed by atoms with van der Waals surface area (Å²) >= 11 is 0. The quantitative estimate of drug-likeness (QED) is 0.759. The number of nitrogens with one attached hydrogen (secondary N) is 2. The number of amides is 2. The summed E-state index contributed by atoms with van der Waals surface area (Å²) in [6.45, 7) is 4.07. The van der Waals surface area contributed by atoms with E-state index < -0.39 is 18.0 Å². The molecule has 0 bridgehead atoms. The van der Waals surface area contributed by atoms with E-state index in [0.717, 1.165) is 6.42 Å². The smallest absolute Gasteiger partial charge is 0.328 e. The third kappa shape index (κ3) is 5.35. The predicted molar refractivity (Wildman–Crippen MR) is 81.9 cm³/mol. The average Bonchev–Trinajstić information content (AvgIpc) is 2.53. The monoisotopic (exact) mass is 310 g/mol. The minimum absolute atomic E-state index is 0.0373. The van der Waals surface area contributed by atoms with Gasteiger partial charge in [0.25, 0.3) is 0 Å². The molecule has 0 aromatic heterocycles. The number of carbonyl (C=O) groups is 2. The number of ether oxygens (including phenoxy) is 1. The first kappa shape index (κ1) is 17.9. The van der Waals surface area contributed by atoms with Crippen LogP contribution in [0.4, 0.5) is 9.18 Å². The molecule has 2 atom stereocenters. The van der Waals surface area contributed by atoms with E-state index in [-0.39, 0.29) is 18.3 Å². The molecule has 1 aromatic rings. The number of urea groups is 1. The number of methoxy groups -OCH3 is 1. The van der Waals surface area contributed by atoms with Gasteiger partial charge in [0, 0.05) is 6.54 Å². The maximum atomic E-state index is 13.4. The van der Waals surface area contributed by atoms with Crippen LogP contribution in [0.2, 0.25) is 0 Å². The Morgan fingerprint density at radius 1 is 1.32 bits per heavy atom. The van der Waals surface area contributed by atoms with Crippen molar-refractivity contribution in [2.45, 2.75) is 32.7 Å². The van der Waals surface area contributed by atoms with E-state index in [1.807, 2.05) is 13.8 Å². The van der Waals surface area contributed by atoms with Gasteiger partial charge in [-0.1, -0.05) is 38.5 Å². The lowest BCUT2D eigenvalue weighted by atomic mass is 9.99. The second kappa shape index (κ2) is 9.02. The summed E-state index contributed by atoms with van der Waals surface area (Å²) in [6.07, 6.45) is 1.11.